The van der Waals surface area contributed by atoms with Crippen LogP contribution in [0.5, 0.6) is 0 Å². The number of carbonyl (C=O) groups excluding carboxylic acids is 2. The smallest absolute Gasteiger partial charge is 0.339 e. The van der Waals surface area contributed by atoms with Gasteiger partial charge < -0.3 is 14.5 Å². The minimum atomic E-state index is -0.456. The summed E-state index contributed by atoms with van der Waals surface area (Å²) < 4.78 is 9.61. The Hall–Kier alpha value is -2.82. The Morgan fingerprint density at radius 1 is 0.905 bits per heavy atom. The summed E-state index contributed by atoms with van der Waals surface area (Å²) >= 11 is 0. The van der Waals surface area contributed by atoms with Crippen LogP contribution in [0, 0.1) is 0 Å². The first-order valence-electron chi connectivity index (χ1n) is 6.37. The third-order valence-electron chi connectivity index (χ3n) is 3.47. The zero-order chi connectivity index (χ0) is 15.0. The van der Waals surface area contributed by atoms with Gasteiger partial charge in [-0.05, 0) is 18.2 Å². The number of nitrogens with one attached hydrogen (secondary N) is 1. The van der Waals surface area contributed by atoms with E-state index in [2.05, 4.69) is 4.98 Å². The molecular weight excluding hydrogens is 270 g/mol. The molecule has 2 aromatic carbocycles. The maximum atomic E-state index is 12.0. The Balaban J connectivity index is 2.46. The molecule has 0 bridgehead atoms. The molecule has 0 fully saturated rings. The summed E-state index contributed by atoms with van der Waals surface area (Å²) in [5.41, 5.74) is 2.22. The molecule has 0 spiro atoms. The second kappa shape index (κ2) is 4.94. The fourth-order valence-electron chi connectivity index (χ4n) is 2.52. The fraction of sp³-hybridized carbons (Fsp3) is 0.125. The Kier molecular flexibility index (Phi) is 3.10. The quantitative estimate of drug-likeness (QED) is 0.734. The summed E-state index contributed by atoms with van der Waals surface area (Å²) in [6, 6.07) is 10.7. The lowest BCUT2D eigenvalue weighted by atomic mass is 10.0. The molecule has 21 heavy (non-hydrogen) atoms. The van der Waals surface area contributed by atoms with Crippen LogP contribution in [0.3, 0.4) is 0 Å². The molecule has 0 saturated heterocycles. The summed E-state index contributed by atoms with van der Waals surface area (Å²) in [7, 11) is 2.66. The van der Waals surface area contributed by atoms with Crippen LogP contribution in [0.4, 0.5) is 0 Å². The second-order valence-electron chi connectivity index (χ2n) is 4.56. The number of ether oxygens (including phenoxy) is 2. The third kappa shape index (κ3) is 1.94. The van der Waals surface area contributed by atoms with E-state index in [4.69, 9.17) is 9.47 Å². The van der Waals surface area contributed by atoms with Crippen molar-refractivity contribution >= 4 is 33.7 Å². The normalized spacial score (nSPS) is 10.8. The summed E-state index contributed by atoms with van der Waals surface area (Å²) in [6.07, 6.45) is 0. The molecule has 0 amide bonds. The molecule has 1 N–H and O–H groups in total. The fourth-order valence-corrected chi connectivity index (χ4v) is 2.52. The van der Waals surface area contributed by atoms with Gasteiger partial charge >= 0.3 is 11.9 Å². The summed E-state index contributed by atoms with van der Waals surface area (Å²) in [4.78, 5) is 27.0. The van der Waals surface area contributed by atoms with Crippen molar-refractivity contribution in [3.8, 4) is 0 Å². The number of H-pyrrole nitrogens is 1. The molecule has 3 aromatic rings. The van der Waals surface area contributed by atoms with Gasteiger partial charge in [0.1, 0.15) is 0 Å². The first-order chi connectivity index (χ1) is 10.2. The van der Waals surface area contributed by atoms with Crippen LogP contribution in [-0.2, 0) is 9.47 Å². The molecular formula is C16H13NO4. The van der Waals surface area contributed by atoms with E-state index in [1.54, 1.807) is 12.1 Å². The van der Waals surface area contributed by atoms with Crippen molar-refractivity contribution in [2.45, 2.75) is 0 Å². The van der Waals surface area contributed by atoms with E-state index in [0.717, 1.165) is 10.9 Å². The number of aromatic nitrogens is 1. The van der Waals surface area contributed by atoms with E-state index in [1.165, 1.54) is 14.2 Å². The van der Waals surface area contributed by atoms with E-state index < -0.39 is 11.9 Å². The Labute approximate surface area is 120 Å². The molecule has 0 atom stereocenters. The average molecular weight is 283 g/mol. The van der Waals surface area contributed by atoms with Gasteiger partial charge in [0, 0.05) is 16.3 Å². The van der Waals surface area contributed by atoms with Crippen LogP contribution in [-0.4, -0.2) is 31.1 Å². The number of aromatic amines is 1. The van der Waals surface area contributed by atoms with E-state index in [-0.39, 0.29) is 0 Å². The zero-order valence-corrected chi connectivity index (χ0v) is 11.6. The van der Waals surface area contributed by atoms with Crippen molar-refractivity contribution in [1.29, 1.82) is 0 Å². The van der Waals surface area contributed by atoms with Crippen molar-refractivity contribution < 1.29 is 19.1 Å². The van der Waals surface area contributed by atoms with Gasteiger partial charge in [0.05, 0.1) is 30.9 Å². The topological polar surface area (TPSA) is 68.4 Å². The van der Waals surface area contributed by atoms with Crippen molar-refractivity contribution in [3.63, 3.8) is 0 Å². The third-order valence-corrected chi connectivity index (χ3v) is 3.47. The number of methoxy groups -OCH3 is 2. The van der Waals surface area contributed by atoms with Gasteiger partial charge in [0.2, 0.25) is 0 Å². The predicted molar refractivity (Wildman–Crippen MR) is 78.5 cm³/mol. The molecule has 0 aliphatic rings. The van der Waals surface area contributed by atoms with Gasteiger partial charge in [-0.2, -0.15) is 0 Å². The number of carbonyl (C=O) groups is 2. The number of hydrogen-bond acceptors (Lipinski definition) is 4. The highest BCUT2D eigenvalue weighted by molar-refractivity contribution is 6.20. The highest BCUT2D eigenvalue weighted by atomic mass is 16.5. The largest absolute Gasteiger partial charge is 0.465 e. The lowest BCUT2D eigenvalue weighted by molar-refractivity contribution is 0.0590. The first kappa shape index (κ1) is 13.2. The lowest BCUT2D eigenvalue weighted by Crippen LogP contribution is -2.06. The molecule has 0 aliphatic heterocycles. The van der Waals surface area contributed by atoms with Crippen LogP contribution in [0.25, 0.3) is 21.8 Å². The molecule has 1 aromatic heterocycles. The molecule has 5 heteroatoms. The van der Waals surface area contributed by atoms with Crippen molar-refractivity contribution in [2.24, 2.45) is 0 Å². The van der Waals surface area contributed by atoms with Gasteiger partial charge in [0.15, 0.2) is 0 Å². The van der Waals surface area contributed by atoms with Crippen LogP contribution in [0.15, 0.2) is 36.4 Å². The Morgan fingerprint density at radius 2 is 1.52 bits per heavy atom. The summed E-state index contributed by atoms with van der Waals surface area (Å²) in [5, 5.41) is 1.53. The molecule has 3 rings (SSSR count). The summed E-state index contributed by atoms with van der Waals surface area (Å²) in [5.74, 6) is -0.899. The van der Waals surface area contributed by atoms with Crippen molar-refractivity contribution in [1.82, 2.24) is 4.98 Å². The van der Waals surface area contributed by atoms with Gasteiger partial charge in [-0.1, -0.05) is 18.2 Å². The number of esters is 2. The highest BCUT2D eigenvalue weighted by Crippen LogP contribution is 2.31. The summed E-state index contributed by atoms with van der Waals surface area (Å²) in [6.45, 7) is 0. The van der Waals surface area contributed by atoms with E-state index in [0.29, 0.717) is 22.0 Å². The van der Waals surface area contributed by atoms with E-state index >= 15 is 0 Å². The predicted octanol–water partition coefficient (Wildman–Crippen LogP) is 2.89. The number of fused-ring (bicyclic) bond motifs is 3. The van der Waals surface area contributed by atoms with E-state index in [1.807, 2.05) is 24.3 Å². The molecule has 5 nitrogen and oxygen atoms in total. The average Bonchev–Trinajstić information content (AvgIpc) is 2.92. The molecule has 1 heterocycles. The zero-order valence-electron chi connectivity index (χ0n) is 11.6. The van der Waals surface area contributed by atoms with Crippen LogP contribution < -0.4 is 0 Å². The minimum absolute atomic E-state index is 0.386. The molecule has 0 saturated carbocycles. The van der Waals surface area contributed by atoms with Crippen LogP contribution in [0.1, 0.15) is 20.7 Å². The maximum Gasteiger partial charge on any atom is 0.339 e. The molecule has 0 unspecified atom stereocenters. The lowest BCUT2D eigenvalue weighted by Gasteiger charge is -2.05. The number of hydrogen-bond donors (Lipinski definition) is 1. The van der Waals surface area contributed by atoms with Crippen molar-refractivity contribution in [3.05, 3.63) is 47.5 Å². The van der Waals surface area contributed by atoms with Gasteiger partial charge in [0.25, 0.3) is 0 Å². The van der Waals surface area contributed by atoms with E-state index in [9.17, 15) is 9.59 Å². The second-order valence-corrected chi connectivity index (χ2v) is 4.56. The molecule has 0 aliphatic carbocycles. The Bertz CT molecular complexity index is 863. The van der Waals surface area contributed by atoms with Crippen LogP contribution >= 0.6 is 0 Å². The van der Waals surface area contributed by atoms with Gasteiger partial charge in [-0.15, -0.1) is 0 Å². The molecule has 106 valence electrons. The number of benzene rings is 2. The maximum absolute atomic E-state index is 12.0. The standard InChI is InChI=1S/C16H13NO4/c1-20-15(18)10-7-8-11(16(19)21-2)14-13(10)9-5-3-4-6-12(9)17-14/h3-8,17H,1-2H3. The van der Waals surface area contributed by atoms with Crippen molar-refractivity contribution in [2.75, 3.05) is 14.2 Å². The minimum Gasteiger partial charge on any atom is -0.465 e. The van der Waals surface area contributed by atoms with Gasteiger partial charge in [-0.25, -0.2) is 9.59 Å². The monoisotopic (exact) mass is 283 g/mol. The van der Waals surface area contributed by atoms with Gasteiger partial charge in [-0.3, -0.25) is 0 Å². The molecule has 0 radical (unpaired) electrons. The highest BCUT2D eigenvalue weighted by Gasteiger charge is 2.20. The number of rotatable bonds is 2. The number of para-hydroxylation sites is 1. The van der Waals surface area contributed by atoms with Crippen LogP contribution in [0.2, 0.25) is 0 Å². The SMILES string of the molecule is COC(=O)c1ccc(C(=O)OC)c2c1[nH]c1ccccc12. The first-order valence-corrected chi connectivity index (χ1v) is 6.37. The Morgan fingerprint density at radius 3 is 2.24 bits per heavy atom.